The molecule has 0 aliphatic carbocycles. The molecular formula is C10H14F5NO3. The summed E-state index contributed by atoms with van der Waals surface area (Å²) in [6.07, 6.45) is -6.02. The molecule has 4 nitrogen and oxygen atoms in total. The summed E-state index contributed by atoms with van der Waals surface area (Å²) in [5, 5.41) is 1.27. The molecule has 0 aromatic rings. The Morgan fingerprint density at radius 1 is 1.05 bits per heavy atom. The van der Waals surface area contributed by atoms with Crippen LogP contribution in [0.3, 0.4) is 0 Å². The number of carbonyl (C=O) groups excluding carboxylic acids is 2. The van der Waals surface area contributed by atoms with Crippen LogP contribution in [0.1, 0.15) is 27.7 Å². The Kier molecular flexibility index (Phi) is 4.90. The van der Waals surface area contributed by atoms with Crippen molar-refractivity contribution in [1.29, 1.82) is 0 Å². The van der Waals surface area contributed by atoms with Gasteiger partial charge in [-0.1, -0.05) is 0 Å². The van der Waals surface area contributed by atoms with Crippen LogP contribution in [0.25, 0.3) is 0 Å². The Balaban J connectivity index is 4.71. The smallest absolute Gasteiger partial charge is 0.458 e. The largest absolute Gasteiger partial charge is 0.463 e. The molecule has 0 bridgehead atoms. The minimum Gasteiger partial charge on any atom is -0.458 e. The maximum Gasteiger partial charge on any atom is 0.463 e. The van der Waals surface area contributed by atoms with Gasteiger partial charge in [0.2, 0.25) is 0 Å². The molecular weight excluding hydrogens is 277 g/mol. The maximum absolute atomic E-state index is 12.6. The van der Waals surface area contributed by atoms with E-state index in [1.54, 1.807) is 0 Å². The molecule has 0 aromatic heterocycles. The van der Waals surface area contributed by atoms with Gasteiger partial charge in [-0.15, -0.1) is 0 Å². The fourth-order valence-electron chi connectivity index (χ4n) is 0.865. The van der Waals surface area contributed by atoms with Crippen molar-refractivity contribution >= 4 is 11.9 Å². The van der Waals surface area contributed by atoms with Crippen molar-refractivity contribution in [2.45, 2.75) is 51.4 Å². The molecule has 1 amide bonds. The molecule has 0 heterocycles. The van der Waals surface area contributed by atoms with E-state index < -0.39 is 35.6 Å². The molecule has 9 heteroatoms. The van der Waals surface area contributed by atoms with E-state index in [0.29, 0.717) is 0 Å². The molecule has 0 fully saturated rings. The summed E-state index contributed by atoms with van der Waals surface area (Å²) >= 11 is 0. The van der Waals surface area contributed by atoms with Crippen molar-refractivity contribution in [1.82, 2.24) is 5.32 Å². The Morgan fingerprint density at radius 3 is 1.79 bits per heavy atom. The average molecular weight is 291 g/mol. The molecule has 19 heavy (non-hydrogen) atoms. The first-order chi connectivity index (χ1) is 8.18. The lowest BCUT2D eigenvalue weighted by Gasteiger charge is -2.24. The fourth-order valence-corrected chi connectivity index (χ4v) is 0.865. The quantitative estimate of drug-likeness (QED) is 0.639. The summed E-state index contributed by atoms with van der Waals surface area (Å²) in [6.45, 7) is 5.37. The third kappa shape index (κ3) is 4.99. The number of hydrogen-bond donors (Lipinski definition) is 1. The lowest BCUT2D eigenvalue weighted by Crippen LogP contribution is -2.54. The lowest BCUT2D eigenvalue weighted by atomic mass is 10.2. The Bertz CT molecular complexity index is 359. The number of hydrogen-bond acceptors (Lipinski definition) is 3. The summed E-state index contributed by atoms with van der Waals surface area (Å²) in [6, 6.07) is -1.63. The summed E-state index contributed by atoms with van der Waals surface area (Å²) in [7, 11) is 0. The van der Waals surface area contributed by atoms with Crippen LogP contribution in [-0.4, -0.2) is 35.6 Å². The molecule has 0 aromatic carbocycles. The van der Waals surface area contributed by atoms with Crippen molar-refractivity contribution in [3.63, 3.8) is 0 Å². The number of ether oxygens (including phenoxy) is 1. The number of halogens is 5. The van der Waals surface area contributed by atoms with Crippen LogP contribution in [0.15, 0.2) is 0 Å². The van der Waals surface area contributed by atoms with E-state index in [2.05, 4.69) is 0 Å². The van der Waals surface area contributed by atoms with Gasteiger partial charge in [0.25, 0.3) is 0 Å². The standard InChI is InChI=1S/C10H14F5NO3/c1-5(6(17)19-8(2,3)4)16-7(18)9(11,12)10(13,14)15/h5H,1-4H3,(H,16,18)/t5-/m1/s1. The predicted octanol–water partition coefficient (Wildman–Crippen LogP) is 2.03. The zero-order chi connectivity index (χ0) is 15.6. The van der Waals surface area contributed by atoms with Crippen LogP contribution in [0.2, 0.25) is 0 Å². The third-order valence-electron chi connectivity index (χ3n) is 1.75. The van der Waals surface area contributed by atoms with Gasteiger partial charge in [-0.3, -0.25) is 4.79 Å². The molecule has 1 atom stereocenters. The van der Waals surface area contributed by atoms with Gasteiger partial charge in [0.05, 0.1) is 0 Å². The molecule has 0 spiro atoms. The van der Waals surface area contributed by atoms with Gasteiger partial charge in [0.1, 0.15) is 11.6 Å². The summed E-state index contributed by atoms with van der Waals surface area (Å²) < 4.78 is 65.6. The molecule has 0 aliphatic rings. The molecule has 0 unspecified atom stereocenters. The number of esters is 1. The molecule has 0 radical (unpaired) electrons. The number of carbonyl (C=O) groups is 2. The van der Waals surface area contributed by atoms with Crippen LogP contribution in [0.4, 0.5) is 22.0 Å². The minimum absolute atomic E-state index is 0.943. The second kappa shape index (κ2) is 5.30. The fraction of sp³-hybridized carbons (Fsp3) is 0.800. The molecule has 1 N–H and O–H groups in total. The van der Waals surface area contributed by atoms with Crippen molar-refractivity contribution in [2.24, 2.45) is 0 Å². The lowest BCUT2D eigenvalue weighted by molar-refractivity contribution is -0.270. The highest BCUT2D eigenvalue weighted by Crippen LogP contribution is 2.35. The van der Waals surface area contributed by atoms with E-state index in [9.17, 15) is 31.5 Å². The molecule has 112 valence electrons. The van der Waals surface area contributed by atoms with Crippen molar-refractivity contribution < 1.29 is 36.3 Å². The predicted molar refractivity (Wildman–Crippen MR) is 54.5 cm³/mol. The molecule has 0 aliphatic heterocycles. The first kappa shape index (κ1) is 17.6. The van der Waals surface area contributed by atoms with Gasteiger partial charge in [0.15, 0.2) is 0 Å². The van der Waals surface area contributed by atoms with Gasteiger partial charge in [-0.2, -0.15) is 22.0 Å². The van der Waals surface area contributed by atoms with Gasteiger partial charge in [-0.25, -0.2) is 4.79 Å². The first-order valence-corrected chi connectivity index (χ1v) is 5.17. The van der Waals surface area contributed by atoms with Gasteiger partial charge >= 0.3 is 24.0 Å². The highest BCUT2D eigenvalue weighted by atomic mass is 19.4. The topological polar surface area (TPSA) is 55.4 Å². The average Bonchev–Trinajstić information content (AvgIpc) is 2.12. The monoisotopic (exact) mass is 291 g/mol. The van der Waals surface area contributed by atoms with Crippen molar-refractivity contribution in [3.8, 4) is 0 Å². The van der Waals surface area contributed by atoms with Crippen LogP contribution in [-0.2, 0) is 14.3 Å². The van der Waals surface area contributed by atoms with E-state index >= 15 is 0 Å². The zero-order valence-corrected chi connectivity index (χ0v) is 10.7. The summed E-state index contributed by atoms with van der Waals surface area (Å²) in [5.74, 6) is -9.28. The van der Waals surface area contributed by atoms with Crippen LogP contribution >= 0.6 is 0 Å². The van der Waals surface area contributed by atoms with Crippen LogP contribution in [0, 0.1) is 0 Å². The minimum atomic E-state index is -6.02. The van der Waals surface area contributed by atoms with Gasteiger partial charge < -0.3 is 10.1 Å². The van der Waals surface area contributed by atoms with Crippen LogP contribution < -0.4 is 5.32 Å². The second-order valence-electron chi connectivity index (χ2n) is 4.80. The van der Waals surface area contributed by atoms with Crippen LogP contribution in [0.5, 0.6) is 0 Å². The van der Waals surface area contributed by atoms with E-state index in [4.69, 9.17) is 4.74 Å². The summed E-state index contributed by atoms with van der Waals surface area (Å²) in [5.41, 5.74) is -0.956. The second-order valence-corrected chi connectivity index (χ2v) is 4.80. The van der Waals surface area contributed by atoms with E-state index in [-0.39, 0.29) is 0 Å². The molecule has 0 rings (SSSR count). The Labute approximate surface area is 106 Å². The van der Waals surface area contributed by atoms with E-state index in [1.807, 2.05) is 0 Å². The van der Waals surface area contributed by atoms with Gasteiger partial charge in [0, 0.05) is 0 Å². The number of nitrogens with one attached hydrogen (secondary N) is 1. The SMILES string of the molecule is C[C@@H](NC(=O)C(F)(F)C(F)(F)F)C(=O)OC(C)(C)C. The maximum atomic E-state index is 12.6. The Morgan fingerprint density at radius 2 is 1.47 bits per heavy atom. The molecule has 0 saturated heterocycles. The number of amides is 1. The summed E-state index contributed by atoms with van der Waals surface area (Å²) in [4.78, 5) is 22.1. The third-order valence-corrected chi connectivity index (χ3v) is 1.75. The van der Waals surface area contributed by atoms with E-state index in [0.717, 1.165) is 6.92 Å². The number of alkyl halides is 5. The van der Waals surface area contributed by atoms with Crippen molar-refractivity contribution in [3.05, 3.63) is 0 Å². The first-order valence-electron chi connectivity index (χ1n) is 5.17. The molecule has 0 saturated carbocycles. The van der Waals surface area contributed by atoms with Gasteiger partial charge in [-0.05, 0) is 27.7 Å². The highest BCUT2D eigenvalue weighted by Gasteiger charge is 2.63. The number of rotatable bonds is 3. The van der Waals surface area contributed by atoms with E-state index in [1.165, 1.54) is 26.1 Å². The zero-order valence-electron chi connectivity index (χ0n) is 10.7. The highest BCUT2D eigenvalue weighted by molar-refractivity contribution is 5.89. The Hall–Kier alpha value is -1.41. The normalized spacial score (nSPS) is 14.8. The van der Waals surface area contributed by atoms with Crippen molar-refractivity contribution in [2.75, 3.05) is 0 Å².